The van der Waals surface area contributed by atoms with Crippen LogP contribution in [0.5, 0.6) is 0 Å². The van der Waals surface area contributed by atoms with Gasteiger partial charge >= 0.3 is 12.1 Å². The molecule has 0 radical (unpaired) electrons. The van der Waals surface area contributed by atoms with Gasteiger partial charge in [0.25, 0.3) is 0 Å². The minimum absolute atomic E-state index is 0.0148. The van der Waals surface area contributed by atoms with E-state index in [9.17, 15) is 19.5 Å². The van der Waals surface area contributed by atoms with Crippen LogP contribution in [0.15, 0.2) is 48.5 Å². The van der Waals surface area contributed by atoms with E-state index in [1.165, 1.54) is 0 Å². The molecule has 1 saturated carbocycles. The van der Waals surface area contributed by atoms with Crippen molar-refractivity contribution in [3.63, 3.8) is 0 Å². The summed E-state index contributed by atoms with van der Waals surface area (Å²) in [5.41, 5.74) is 4.58. The Balaban J connectivity index is 1.31. The lowest BCUT2D eigenvalue weighted by atomic mass is 9.79. The van der Waals surface area contributed by atoms with E-state index in [-0.39, 0.29) is 30.9 Å². The molecule has 4 rings (SSSR count). The van der Waals surface area contributed by atoms with Gasteiger partial charge in [-0.05, 0) is 47.4 Å². The number of carboxylic acid groups (broad SMARTS) is 1. The molecule has 0 aliphatic heterocycles. The van der Waals surface area contributed by atoms with Crippen LogP contribution in [0.2, 0.25) is 0 Å². The van der Waals surface area contributed by atoms with Crippen molar-refractivity contribution in [2.24, 2.45) is 11.8 Å². The smallest absolute Gasteiger partial charge is 0.407 e. The minimum Gasteiger partial charge on any atom is -0.480 e. The number of hydrogen-bond donors (Lipinski definition) is 3. The summed E-state index contributed by atoms with van der Waals surface area (Å²) in [4.78, 5) is 36.6. The standard InChI is InChI=1S/C26H30N2O5/c1-2-16(24(29)28-23(25(30)31)17-8-7-9-17)14-27-26(32)33-15-22-20-12-5-3-10-18(20)19-11-4-6-13-21(19)22/h3-6,10-13,16-17,22-23H,2,7-9,14-15H2,1H3,(H,27,32)(H,28,29)(H,30,31). The number of hydrogen-bond acceptors (Lipinski definition) is 4. The summed E-state index contributed by atoms with van der Waals surface area (Å²) in [5.74, 6) is -1.93. The van der Waals surface area contributed by atoms with Crippen LogP contribution in [0.3, 0.4) is 0 Å². The number of alkyl carbamates (subject to hydrolysis) is 1. The molecule has 0 heterocycles. The maximum Gasteiger partial charge on any atom is 0.407 e. The highest BCUT2D eigenvalue weighted by atomic mass is 16.5. The Bertz CT molecular complexity index is 987. The highest BCUT2D eigenvalue weighted by molar-refractivity contribution is 5.85. The van der Waals surface area contributed by atoms with Gasteiger partial charge in [-0.25, -0.2) is 9.59 Å². The third-order valence-electron chi connectivity index (χ3n) is 6.89. The maximum atomic E-state index is 12.6. The molecule has 3 N–H and O–H groups in total. The molecular formula is C26H30N2O5. The first-order valence-corrected chi connectivity index (χ1v) is 11.6. The summed E-state index contributed by atoms with van der Waals surface area (Å²) in [6.45, 7) is 2.13. The second kappa shape index (κ2) is 10.1. The molecule has 174 valence electrons. The molecule has 0 aromatic heterocycles. The average Bonchev–Trinajstić information content (AvgIpc) is 3.10. The molecule has 0 bridgehead atoms. The first-order valence-electron chi connectivity index (χ1n) is 11.6. The molecule has 2 amide bonds. The van der Waals surface area contributed by atoms with Crippen LogP contribution in [0, 0.1) is 11.8 Å². The van der Waals surface area contributed by atoms with Gasteiger partial charge in [0, 0.05) is 12.5 Å². The lowest BCUT2D eigenvalue weighted by Gasteiger charge is -2.32. The van der Waals surface area contributed by atoms with Crippen LogP contribution < -0.4 is 10.6 Å². The molecule has 2 aromatic rings. The number of carbonyl (C=O) groups is 3. The number of fused-ring (bicyclic) bond motifs is 3. The fraction of sp³-hybridized carbons (Fsp3) is 0.423. The normalized spacial score (nSPS) is 16.6. The largest absolute Gasteiger partial charge is 0.480 e. The topological polar surface area (TPSA) is 105 Å². The van der Waals surface area contributed by atoms with Gasteiger partial charge in [-0.3, -0.25) is 4.79 Å². The van der Waals surface area contributed by atoms with Crippen LogP contribution in [-0.2, 0) is 14.3 Å². The number of benzene rings is 2. The van der Waals surface area contributed by atoms with Crippen LogP contribution in [0.25, 0.3) is 11.1 Å². The van der Waals surface area contributed by atoms with Gasteiger partial charge < -0.3 is 20.5 Å². The minimum atomic E-state index is -1.01. The second-order valence-corrected chi connectivity index (χ2v) is 8.83. The maximum absolute atomic E-state index is 12.6. The summed E-state index contributed by atoms with van der Waals surface area (Å²) in [7, 11) is 0. The Kier molecular flexibility index (Phi) is 6.96. The van der Waals surface area contributed by atoms with Gasteiger partial charge in [0.05, 0.1) is 5.92 Å². The van der Waals surface area contributed by atoms with Crippen LogP contribution in [0.1, 0.15) is 49.7 Å². The van der Waals surface area contributed by atoms with Crippen LogP contribution in [0.4, 0.5) is 4.79 Å². The lowest BCUT2D eigenvalue weighted by molar-refractivity contribution is -0.145. The van der Waals surface area contributed by atoms with E-state index in [4.69, 9.17) is 4.74 Å². The van der Waals surface area contributed by atoms with Gasteiger partial charge in [-0.15, -0.1) is 0 Å². The quantitative estimate of drug-likeness (QED) is 0.537. The molecule has 2 aliphatic rings. The van der Waals surface area contributed by atoms with E-state index in [1.807, 2.05) is 31.2 Å². The van der Waals surface area contributed by atoms with Crippen molar-refractivity contribution in [2.45, 2.75) is 44.6 Å². The van der Waals surface area contributed by atoms with Gasteiger partial charge in [-0.2, -0.15) is 0 Å². The fourth-order valence-electron chi connectivity index (χ4n) is 4.70. The molecule has 1 fully saturated rings. The zero-order valence-corrected chi connectivity index (χ0v) is 18.8. The van der Waals surface area contributed by atoms with Crippen molar-refractivity contribution in [2.75, 3.05) is 13.2 Å². The SMILES string of the molecule is CCC(CNC(=O)OCC1c2ccccc2-c2ccccc21)C(=O)NC(C(=O)O)C1CCC1. The Labute approximate surface area is 193 Å². The molecule has 0 saturated heterocycles. The molecular weight excluding hydrogens is 420 g/mol. The third-order valence-corrected chi connectivity index (χ3v) is 6.89. The Morgan fingerprint density at radius 2 is 1.64 bits per heavy atom. The van der Waals surface area contributed by atoms with E-state index in [0.29, 0.717) is 6.42 Å². The highest BCUT2D eigenvalue weighted by Crippen LogP contribution is 2.44. The van der Waals surface area contributed by atoms with Crippen molar-refractivity contribution in [3.05, 3.63) is 59.7 Å². The number of rotatable bonds is 9. The number of carboxylic acids is 1. The number of ether oxygens (including phenoxy) is 1. The van der Waals surface area contributed by atoms with Gasteiger partial charge in [-0.1, -0.05) is 61.9 Å². The summed E-state index contributed by atoms with van der Waals surface area (Å²) in [6, 6.07) is 15.4. The zero-order valence-electron chi connectivity index (χ0n) is 18.8. The van der Waals surface area contributed by atoms with Crippen molar-refractivity contribution >= 4 is 18.0 Å². The second-order valence-electron chi connectivity index (χ2n) is 8.83. The molecule has 33 heavy (non-hydrogen) atoms. The number of carbonyl (C=O) groups excluding carboxylic acids is 2. The summed E-state index contributed by atoms with van der Waals surface area (Å²) in [5, 5.41) is 14.8. The first-order chi connectivity index (χ1) is 16.0. The summed E-state index contributed by atoms with van der Waals surface area (Å²) in [6.07, 6.45) is 2.51. The van der Waals surface area contributed by atoms with Crippen molar-refractivity contribution in [1.82, 2.24) is 10.6 Å². The molecule has 0 spiro atoms. The zero-order chi connectivity index (χ0) is 23.4. The first kappa shape index (κ1) is 22.8. The van der Waals surface area contributed by atoms with Gasteiger partial charge in [0.15, 0.2) is 0 Å². The molecule has 2 atom stereocenters. The molecule has 7 heteroatoms. The fourth-order valence-corrected chi connectivity index (χ4v) is 4.70. The number of amides is 2. The summed E-state index contributed by atoms with van der Waals surface area (Å²) >= 11 is 0. The Morgan fingerprint density at radius 1 is 1.03 bits per heavy atom. The van der Waals surface area contributed by atoms with Crippen molar-refractivity contribution in [1.29, 1.82) is 0 Å². The molecule has 2 aromatic carbocycles. The molecule has 2 aliphatic carbocycles. The van der Waals surface area contributed by atoms with Crippen LogP contribution >= 0.6 is 0 Å². The van der Waals surface area contributed by atoms with E-state index >= 15 is 0 Å². The Morgan fingerprint density at radius 3 is 2.15 bits per heavy atom. The predicted molar refractivity (Wildman–Crippen MR) is 124 cm³/mol. The van der Waals surface area contributed by atoms with E-state index in [1.54, 1.807) is 0 Å². The predicted octanol–water partition coefficient (Wildman–Crippen LogP) is 3.92. The molecule has 2 unspecified atom stereocenters. The van der Waals surface area contributed by atoms with Crippen molar-refractivity contribution in [3.8, 4) is 11.1 Å². The van der Waals surface area contributed by atoms with Gasteiger partial charge in [0.2, 0.25) is 5.91 Å². The van der Waals surface area contributed by atoms with E-state index < -0.39 is 24.0 Å². The van der Waals surface area contributed by atoms with E-state index in [2.05, 4.69) is 34.9 Å². The molecule has 7 nitrogen and oxygen atoms in total. The number of nitrogens with one attached hydrogen (secondary N) is 2. The van der Waals surface area contributed by atoms with E-state index in [0.717, 1.165) is 41.5 Å². The number of aliphatic carboxylic acids is 1. The lowest BCUT2D eigenvalue weighted by Crippen LogP contribution is -2.51. The third kappa shape index (κ3) is 4.87. The Hall–Kier alpha value is -3.35. The van der Waals surface area contributed by atoms with Crippen LogP contribution in [-0.4, -0.2) is 42.3 Å². The average molecular weight is 451 g/mol. The summed E-state index contributed by atoms with van der Waals surface area (Å²) < 4.78 is 5.52. The van der Waals surface area contributed by atoms with Gasteiger partial charge in [0.1, 0.15) is 12.6 Å². The monoisotopic (exact) mass is 450 g/mol. The highest BCUT2D eigenvalue weighted by Gasteiger charge is 2.35. The van der Waals surface area contributed by atoms with Crippen molar-refractivity contribution < 1.29 is 24.2 Å².